The molecule has 1 aliphatic carbocycles. The lowest BCUT2D eigenvalue weighted by molar-refractivity contribution is -0.127. The lowest BCUT2D eigenvalue weighted by Crippen LogP contribution is -2.38. The number of carbonyl (C=O) groups is 1. The first-order valence-corrected chi connectivity index (χ1v) is 9.41. The van der Waals surface area contributed by atoms with Crippen LogP contribution in [0.4, 0.5) is 0 Å². The SMILES string of the molecule is CC(Oc1cccc2c1CCCC2)C(=O)NCCOCc1ccccc1. The molecule has 1 unspecified atom stereocenters. The number of hydrogen-bond donors (Lipinski definition) is 1. The van der Waals surface area contributed by atoms with E-state index in [-0.39, 0.29) is 5.91 Å². The maximum Gasteiger partial charge on any atom is 0.260 e. The molecular formula is C22H27NO3. The summed E-state index contributed by atoms with van der Waals surface area (Å²) in [4.78, 5) is 12.3. The fourth-order valence-electron chi connectivity index (χ4n) is 3.26. The van der Waals surface area contributed by atoms with Crippen LogP contribution in [0.25, 0.3) is 0 Å². The van der Waals surface area contributed by atoms with Crippen LogP contribution in [-0.4, -0.2) is 25.2 Å². The topological polar surface area (TPSA) is 47.6 Å². The highest BCUT2D eigenvalue weighted by molar-refractivity contribution is 5.80. The average Bonchev–Trinajstić information content (AvgIpc) is 2.68. The van der Waals surface area contributed by atoms with Crippen molar-refractivity contribution in [1.29, 1.82) is 0 Å². The predicted octanol–water partition coefficient (Wildman–Crippen LogP) is 3.67. The van der Waals surface area contributed by atoms with Gasteiger partial charge in [-0.3, -0.25) is 4.79 Å². The van der Waals surface area contributed by atoms with Gasteiger partial charge in [0.2, 0.25) is 0 Å². The fourth-order valence-corrected chi connectivity index (χ4v) is 3.26. The van der Waals surface area contributed by atoms with E-state index in [1.165, 1.54) is 24.0 Å². The number of fused-ring (bicyclic) bond motifs is 1. The van der Waals surface area contributed by atoms with Gasteiger partial charge < -0.3 is 14.8 Å². The third-order valence-corrected chi connectivity index (χ3v) is 4.68. The predicted molar refractivity (Wildman–Crippen MR) is 102 cm³/mol. The third-order valence-electron chi connectivity index (χ3n) is 4.68. The molecule has 1 aliphatic rings. The van der Waals surface area contributed by atoms with E-state index in [0.717, 1.165) is 24.2 Å². The molecule has 0 aromatic heterocycles. The van der Waals surface area contributed by atoms with E-state index >= 15 is 0 Å². The second-order valence-electron chi connectivity index (χ2n) is 6.69. The van der Waals surface area contributed by atoms with Crippen LogP contribution in [-0.2, 0) is 29.0 Å². The minimum atomic E-state index is -0.516. The number of rotatable bonds is 8. The number of benzene rings is 2. The van der Waals surface area contributed by atoms with Crippen LogP contribution in [0.3, 0.4) is 0 Å². The van der Waals surface area contributed by atoms with Crippen molar-refractivity contribution in [2.24, 2.45) is 0 Å². The molecule has 3 rings (SSSR count). The zero-order valence-corrected chi connectivity index (χ0v) is 15.4. The second-order valence-corrected chi connectivity index (χ2v) is 6.69. The smallest absolute Gasteiger partial charge is 0.260 e. The molecular weight excluding hydrogens is 326 g/mol. The average molecular weight is 353 g/mol. The van der Waals surface area contributed by atoms with E-state index in [1.54, 1.807) is 6.92 Å². The van der Waals surface area contributed by atoms with E-state index < -0.39 is 6.10 Å². The number of amides is 1. The first-order valence-electron chi connectivity index (χ1n) is 9.41. The van der Waals surface area contributed by atoms with Gasteiger partial charge in [-0.05, 0) is 55.4 Å². The number of aryl methyl sites for hydroxylation is 1. The highest BCUT2D eigenvalue weighted by atomic mass is 16.5. The summed E-state index contributed by atoms with van der Waals surface area (Å²) in [6.07, 6.45) is 4.04. The largest absolute Gasteiger partial charge is 0.481 e. The lowest BCUT2D eigenvalue weighted by atomic mass is 9.91. The first kappa shape index (κ1) is 18.5. The summed E-state index contributed by atoms with van der Waals surface area (Å²) in [5.74, 6) is 0.743. The van der Waals surface area contributed by atoms with Gasteiger partial charge in [0.15, 0.2) is 6.10 Å². The van der Waals surface area contributed by atoms with Crippen molar-refractivity contribution in [3.63, 3.8) is 0 Å². The fraction of sp³-hybridized carbons (Fsp3) is 0.409. The van der Waals surface area contributed by atoms with Crippen molar-refractivity contribution in [3.05, 3.63) is 65.2 Å². The standard InChI is InChI=1S/C22H27NO3/c1-17(26-21-13-7-11-19-10-5-6-12-20(19)21)22(24)23-14-15-25-16-18-8-3-2-4-9-18/h2-4,7-9,11,13,17H,5-6,10,12,14-16H2,1H3,(H,23,24). The van der Waals surface area contributed by atoms with Crippen LogP contribution < -0.4 is 10.1 Å². The van der Waals surface area contributed by atoms with E-state index in [4.69, 9.17) is 9.47 Å². The van der Waals surface area contributed by atoms with Crippen molar-refractivity contribution in [3.8, 4) is 5.75 Å². The van der Waals surface area contributed by atoms with Crippen LogP contribution in [0.15, 0.2) is 48.5 Å². The van der Waals surface area contributed by atoms with Gasteiger partial charge >= 0.3 is 0 Å². The Morgan fingerprint density at radius 2 is 1.88 bits per heavy atom. The number of ether oxygens (including phenoxy) is 2. The Labute approximate surface area is 155 Å². The molecule has 1 amide bonds. The summed E-state index contributed by atoms with van der Waals surface area (Å²) in [6, 6.07) is 16.2. The van der Waals surface area contributed by atoms with Crippen LogP contribution >= 0.6 is 0 Å². The van der Waals surface area contributed by atoms with E-state index in [2.05, 4.69) is 11.4 Å². The highest BCUT2D eigenvalue weighted by Crippen LogP contribution is 2.30. The number of nitrogens with one attached hydrogen (secondary N) is 1. The Balaban J connectivity index is 1.41. The minimum Gasteiger partial charge on any atom is -0.481 e. The van der Waals surface area contributed by atoms with Crippen LogP contribution in [0, 0.1) is 0 Å². The Morgan fingerprint density at radius 1 is 1.08 bits per heavy atom. The van der Waals surface area contributed by atoms with Crippen molar-refractivity contribution in [2.45, 2.75) is 45.3 Å². The molecule has 2 aromatic carbocycles. The molecule has 138 valence electrons. The highest BCUT2D eigenvalue weighted by Gasteiger charge is 2.19. The van der Waals surface area contributed by atoms with Gasteiger partial charge in [-0.1, -0.05) is 42.5 Å². The van der Waals surface area contributed by atoms with Crippen LogP contribution in [0.2, 0.25) is 0 Å². The zero-order valence-electron chi connectivity index (χ0n) is 15.4. The monoisotopic (exact) mass is 353 g/mol. The lowest BCUT2D eigenvalue weighted by Gasteiger charge is -2.22. The molecule has 0 heterocycles. The summed E-state index contributed by atoms with van der Waals surface area (Å²) < 4.78 is 11.5. The number of carbonyl (C=O) groups excluding carboxylic acids is 1. The van der Waals surface area contributed by atoms with Gasteiger partial charge in [0.05, 0.1) is 13.2 Å². The van der Waals surface area contributed by atoms with Crippen molar-refractivity contribution in [1.82, 2.24) is 5.32 Å². The van der Waals surface area contributed by atoms with Crippen molar-refractivity contribution >= 4 is 5.91 Å². The molecule has 4 nitrogen and oxygen atoms in total. The molecule has 1 atom stereocenters. The minimum absolute atomic E-state index is 0.110. The first-order chi connectivity index (χ1) is 12.7. The maximum atomic E-state index is 12.3. The molecule has 26 heavy (non-hydrogen) atoms. The second kappa shape index (κ2) is 9.39. The van der Waals surface area contributed by atoms with Crippen LogP contribution in [0.5, 0.6) is 5.75 Å². The van der Waals surface area contributed by atoms with Crippen molar-refractivity contribution < 1.29 is 14.3 Å². The Kier molecular flexibility index (Phi) is 6.67. The van der Waals surface area contributed by atoms with E-state index in [9.17, 15) is 4.79 Å². The molecule has 2 aromatic rings. The molecule has 0 saturated heterocycles. The summed E-state index contributed by atoms with van der Waals surface area (Å²) >= 11 is 0. The molecule has 0 spiro atoms. The van der Waals surface area contributed by atoms with Gasteiger partial charge in [-0.25, -0.2) is 0 Å². The molecule has 0 aliphatic heterocycles. The molecule has 0 bridgehead atoms. The molecule has 0 saturated carbocycles. The van der Waals surface area contributed by atoms with Crippen LogP contribution in [0.1, 0.15) is 36.5 Å². The van der Waals surface area contributed by atoms with Gasteiger partial charge in [-0.15, -0.1) is 0 Å². The Bertz CT molecular complexity index is 715. The molecule has 4 heteroatoms. The van der Waals surface area contributed by atoms with Gasteiger partial charge in [0.25, 0.3) is 5.91 Å². The third kappa shape index (κ3) is 5.09. The van der Waals surface area contributed by atoms with Gasteiger partial charge in [0, 0.05) is 6.54 Å². The van der Waals surface area contributed by atoms with Gasteiger partial charge in [0.1, 0.15) is 5.75 Å². The van der Waals surface area contributed by atoms with E-state index in [0.29, 0.717) is 19.8 Å². The van der Waals surface area contributed by atoms with E-state index in [1.807, 2.05) is 42.5 Å². The molecule has 0 fully saturated rings. The summed E-state index contributed by atoms with van der Waals surface area (Å²) in [5.41, 5.74) is 3.75. The Hall–Kier alpha value is -2.33. The van der Waals surface area contributed by atoms with Crippen molar-refractivity contribution in [2.75, 3.05) is 13.2 Å². The quantitative estimate of drug-likeness (QED) is 0.737. The Morgan fingerprint density at radius 3 is 2.73 bits per heavy atom. The van der Waals surface area contributed by atoms with Gasteiger partial charge in [-0.2, -0.15) is 0 Å². The normalized spacial score (nSPS) is 14.3. The maximum absolute atomic E-state index is 12.3. The summed E-state index contributed by atoms with van der Waals surface area (Å²) in [5, 5.41) is 2.88. The zero-order chi connectivity index (χ0) is 18.2. The summed E-state index contributed by atoms with van der Waals surface area (Å²) in [7, 11) is 0. The molecule has 1 N–H and O–H groups in total. The number of hydrogen-bond acceptors (Lipinski definition) is 3. The summed E-state index contributed by atoms with van der Waals surface area (Å²) in [6.45, 7) is 3.31. The molecule has 0 radical (unpaired) electrons.